The maximum Gasteiger partial charge on any atom is 0.339 e. The standard InChI is InChI=1S/C25H26N4O3S.ClH/c1-13-20(27-14(2)22(13)25(31)32-3)11-18-17-10-16(4-5-19(17)28-23(18)30)21-12-33-24(29-21)15-6-8-26-9-7-15;/h4-5,10-12,15,26-27H,6-9H2,1-3H3,(H,28,30);1H/b18-11-;. The van der Waals surface area contributed by atoms with E-state index in [2.05, 4.69) is 21.0 Å². The molecule has 0 unspecified atom stereocenters. The average molecular weight is 499 g/mol. The van der Waals surface area contributed by atoms with Crippen LogP contribution in [0.1, 0.15) is 56.6 Å². The van der Waals surface area contributed by atoms with Crippen LogP contribution in [0.5, 0.6) is 0 Å². The normalized spacial score (nSPS) is 16.8. The lowest BCUT2D eigenvalue weighted by atomic mass is 9.99. The number of hydrogen-bond donors (Lipinski definition) is 3. The number of methoxy groups -OCH3 is 1. The minimum Gasteiger partial charge on any atom is -0.465 e. The number of H-pyrrole nitrogens is 1. The molecule has 2 aliphatic heterocycles. The molecule has 2 aliphatic rings. The van der Waals surface area contributed by atoms with Crippen molar-refractivity contribution in [3.8, 4) is 11.3 Å². The van der Waals surface area contributed by atoms with Gasteiger partial charge in [0.15, 0.2) is 0 Å². The first kappa shape index (κ1) is 24.2. The molecule has 0 aliphatic carbocycles. The monoisotopic (exact) mass is 498 g/mol. The quantitative estimate of drug-likeness (QED) is 0.350. The molecule has 178 valence electrons. The Morgan fingerprint density at radius 3 is 2.74 bits per heavy atom. The molecule has 0 bridgehead atoms. The predicted molar refractivity (Wildman–Crippen MR) is 138 cm³/mol. The minimum absolute atomic E-state index is 0. The fourth-order valence-corrected chi connectivity index (χ4v) is 5.64. The van der Waals surface area contributed by atoms with E-state index in [1.807, 2.05) is 32.0 Å². The SMILES string of the molecule is COC(=O)c1c(C)[nH]c(/C=C2\C(=O)Nc3ccc(-c4csc(C5CCNCC5)n4)cc32)c1C.Cl. The van der Waals surface area contributed by atoms with Gasteiger partial charge >= 0.3 is 5.97 Å². The predicted octanol–water partition coefficient (Wildman–Crippen LogP) is 4.92. The highest BCUT2D eigenvalue weighted by molar-refractivity contribution is 7.10. The Balaban J connectivity index is 0.00000274. The van der Waals surface area contributed by atoms with Gasteiger partial charge in [-0.2, -0.15) is 0 Å². The number of halogens is 1. The number of hydrogen-bond acceptors (Lipinski definition) is 6. The number of ether oxygens (including phenoxy) is 1. The van der Waals surface area contributed by atoms with Crippen molar-refractivity contribution in [1.82, 2.24) is 15.3 Å². The fourth-order valence-electron chi connectivity index (χ4n) is 4.64. The molecule has 1 fully saturated rings. The summed E-state index contributed by atoms with van der Waals surface area (Å²) in [6.45, 7) is 5.75. The summed E-state index contributed by atoms with van der Waals surface area (Å²) in [4.78, 5) is 33.1. The van der Waals surface area contributed by atoms with Gasteiger partial charge in [0.05, 0.1) is 28.9 Å². The van der Waals surface area contributed by atoms with E-state index < -0.39 is 5.97 Å². The lowest BCUT2D eigenvalue weighted by molar-refractivity contribution is -0.110. The molecule has 1 aromatic carbocycles. The summed E-state index contributed by atoms with van der Waals surface area (Å²) in [6.07, 6.45) is 4.04. The number of carbonyl (C=O) groups is 2. The number of aromatic amines is 1. The van der Waals surface area contributed by atoms with Gasteiger partial charge in [-0.3, -0.25) is 4.79 Å². The topological polar surface area (TPSA) is 96.1 Å². The summed E-state index contributed by atoms with van der Waals surface area (Å²) < 4.78 is 4.90. The van der Waals surface area contributed by atoms with E-state index in [4.69, 9.17) is 9.72 Å². The van der Waals surface area contributed by atoms with E-state index in [1.54, 1.807) is 17.4 Å². The first-order chi connectivity index (χ1) is 16.0. The van der Waals surface area contributed by atoms with Crippen LogP contribution in [0.15, 0.2) is 23.6 Å². The lowest BCUT2D eigenvalue weighted by Crippen LogP contribution is -2.26. The summed E-state index contributed by atoms with van der Waals surface area (Å²) in [7, 11) is 1.36. The van der Waals surface area contributed by atoms with Gasteiger partial charge in [0, 0.05) is 39.5 Å². The maximum absolute atomic E-state index is 12.8. The molecule has 34 heavy (non-hydrogen) atoms. The van der Waals surface area contributed by atoms with Crippen molar-refractivity contribution in [1.29, 1.82) is 0 Å². The summed E-state index contributed by atoms with van der Waals surface area (Å²) >= 11 is 1.71. The molecular weight excluding hydrogens is 472 g/mol. The van der Waals surface area contributed by atoms with Crippen LogP contribution in [0.2, 0.25) is 0 Å². The second kappa shape index (κ2) is 9.74. The van der Waals surface area contributed by atoms with Gasteiger partial charge in [-0.1, -0.05) is 6.07 Å². The van der Waals surface area contributed by atoms with Crippen LogP contribution in [-0.4, -0.2) is 42.0 Å². The van der Waals surface area contributed by atoms with Crippen molar-refractivity contribution < 1.29 is 14.3 Å². The van der Waals surface area contributed by atoms with Crippen LogP contribution in [0.25, 0.3) is 22.9 Å². The van der Waals surface area contributed by atoms with Gasteiger partial charge in [0.1, 0.15) is 0 Å². The Morgan fingerprint density at radius 2 is 2.00 bits per heavy atom. The third-order valence-corrected chi connectivity index (χ3v) is 7.47. The van der Waals surface area contributed by atoms with E-state index >= 15 is 0 Å². The first-order valence-electron chi connectivity index (χ1n) is 11.1. The largest absolute Gasteiger partial charge is 0.465 e. The number of esters is 1. The number of piperidine rings is 1. The first-order valence-corrected chi connectivity index (χ1v) is 12.0. The number of nitrogens with zero attached hydrogens (tertiary/aromatic N) is 1. The third-order valence-electron chi connectivity index (χ3n) is 6.46. The maximum atomic E-state index is 12.8. The zero-order valence-electron chi connectivity index (χ0n) is 19.3. The molecule has 4 heterocycles. The number of rotatable bonds is 4. The van der Waals surface area contributed by atoms with Crippen molar-refractivity contribution in [2.24, 2.45) is 0 Å². The van der Waals surface area contributed by atoms with Crippen LogP contribution < -0.4 is 10.6 Å². The highest BCUT2D eigenvalue weighted by Crippen LogP contribution is 2.38. The van der Waals surface area contributed by atoms with Gasteiger partial charge in [-0.15, -0.1) is 23.7 Å². The van der Waals surface area contributed by atoms with Crippen LogP contribution in [0.4, 0.5) is 5.69 Å². The van der Waals surface area contributed by atoms with Crippen molar-refractivity contribution in [3.63, 3.8) is 0 Å². The molecular formula is C25H27ClN4O3S. The molecule has 0 spiro atoms. The van der Waals surface area contributed by atoms with Crippen molar-refractivity contribution in [2.75, 3.05) is 25.5 Å². The lowest BCUT2D eigenvalue weighted by Gasteiger charge is -2.20. The molecule has 0 atom stereocenters. The summed E-state index contributed by atoms with van der Waals surface area (Å²) in [5, 5.41) is 9.63. The molecule has 2 aromatic heterocycles. The van der Waals surface area contributed by atoms with Gasteiger partial charge in [0.25, 0.3) is 5.91 Å². The van der Waals surface area contributed by atoms with Crippen molar-refractivity contribution in [2.45, 2.75) is 32.6 Å². The average Bonchev–Trinajstić information content (AvgIpc) is 3.51. The molecule has 1 amide bonds. The Bertz CT molecular complexity index is 1290. The minimum atomic E-state index is -0.391. The number of nitrogens with one attached hydrogen (secondary N) is 3. The molecule has 1 saturated heterocycles. The molecule has 5 rings (SSSR count). The number of aryl methyl sites for hydroxylation is 1. The highest BCUT2D eigenvalue weighted by Gasteiger charge is 2.27. The number of amides is 1. The molecule has 0 radical (unpaired) electrons. The number of fused-ring (bicyclic) bond motifs is 1. The Labute approximate surface area is 208 Å². The number of aromatic nitrogens is 2. The van der Waals surface area contributed by atoms with Gasteiger partial charge < -0.3 is 20.4 Å². The molecule has 7 nitrogen and oxygen atoms in total. The van der Waals surface area contributed by atoms with Gasteiger partial charge in [-0.05, 0) is 63.6 Å². The van der Waals surface area contributed by atoms with Gasteiger partial charge in [-0.25, -0.2) is 9.78 Å². The van der Waals surface area contributed by atoms with E-state index in [0.29, 0.717) is 22.7 Å². The second-order valence-corrected chi connectivity index (χ2v) is 9.41. The van der Waals surface area contributed by atoms with Crippen LogP contribution in [0.3, 0.4) is 0 Å². The third kappa shape index (κ3) is 4.29. The summed E-state index contributed by atoms with van der Waals surface area (Å²) in [5.74, 6) is -0.0409. The van der Waals surface area contributed by atoms with E-state index in [-0.39, 0.29) is 18.3 Å². The molecule has 9 heteroatoms. The number of anilines is 1. The summed E-state index contributed by atoms with van der Waals surface area (Å²) in [6, 6.07) is 5.95. The van der Waals surface area contributed by atoms with E-state index in [0.717, 1.165) is 59.7 Å². The molecule has 0 saturated carbocycles. The Morgan fingerprint density at radius 1 is 1.24 bits per heavy atom. The van der Waals surface area contributed by atoms with E-state index in [1.165, 1.54) is 12.1 Å². The van der Waals surface area contributed by atoms with Crippen molar-refractivity contribution >= 4 is 53.0 Å². The fraction of sp³-hybridized carbons (Fsp3) is 0.320. The van der Waals surface area contributed by atoms with Crippen molar-refractivity contribution in [3.05, 3.63) is 56.7 Å². The Hall–Kier alpha value is -2.94. The smallest absolute Gasteiger partial charge is 0.339 e. The van der Waals surface area contributed by atoms with E-state index in [9.17, 15) is 9.59 Å². The Kier molecular flexibility index (Phi) is 6.93. The zero-order valence-corrected chi connectivity index (χ0v) is 20.9. The zero-order chi connectivity index (χ0) is 23.1. The van der Waals surface area contributed by atoms with Crippen LogP contribution in [0, 0.1) is 13.8 Å². The molecule has 3 aromatic rings. The second-order valence-electron chi connectivity index (χ2n) is 8.52. The highest BCUT2D eigenvalue weighted by atomic mass is 35.5. The molecule has 3 N–H and O–H groups in total. The summed E-state index contributed by atoms with van der Waals surface area (Å²) in [5.41, 5.74) is 6.79. The number of thiazole rings is 1. The number of carbonyl (C=O) groups excluding carboxylic acids is 2. The van der Waals surface area contributed by atoms with Crippen LogP contribution in [-0.2, 0) is 9.53 Å². The van der Waals surface area contributed by atoms with Crippen LogP contribution >= 0.6 is 23.7 Å². The number of benzene rings is 1. The van der Waals surface area contributed by atoms with Gasteiger partial charge in [0.2, 0.25) is 0 Å².